The molecule has 0 atom stereocenters. The van der Waals surface area contributed by atoms with Crippen LogP contribution < -0.4 is 15.5 Å². The van der Waals surface area contributed by atoms with Crippen molar-refractivity contribution < 1.29 is 4.74 Å². The van der Waals surface area contributed by atoms with E-state index in [0.717, 1.165) is 39.4 Å². The lowest BCUT2D eigenvalue weighted by atomic mass is 9.95. The smallest absolute Gasteiger partial charge is 0.257 e. The van der Waals surface area contributed by atoms with Gasteiger partial charge in [-0.2, -0.15) is 20.1 Å². The average Bonchev–Trinajstić information content (AvgIpc) is 3.08. The number of hydrogen-bond acceptors (Lipinski definition) is 8. The van der Waals surface area contributed by atoms with Crippen LogP contribution in [0.3, 0.4) is 0 Å². The quantitative estimate of drug-likeness (QED) is 0.792. The predicted octanol–water partition coefficient (Wildman–Crippen LogP) is -0.332. The molecule has 0 amide bonds. The van der Waals surface area contributed by atoms with E-state index in [1.807, 2.05) is 19.2 Å². The summed E-state index contributed by atoms with van der Waals surface area (Å²) in [5, 5.41) is 10.9. The maximum Gasteiger partial charge on any atom is 0.257 e. The Labute approximate surface area is 134 Å². The fourth-order valence-corrected chi connectivity index (χ4v) is 2.89. The number of piperazine rings is 1. The van der Waals surface area contributed by atoms with Crippen LogP contribution in [0.25, 0.3) is 5.95 Å². The van der Waals surface area contributed by atoms with Crippen molar-refractivity contribution in [1.29, 1.82) is 0 Å². The summed E-state index contributed by atoms with van der Waals surface area (Å²) >= 11 is 0. The van der Waals surface area contributed by atoms with E-state index in [4.69, 9.17) is 4.74 Å². The van der Waals surface area contributed by atoms with Crippen molar-refractivity contribution >= 4 is 11.9 Å². The SMILES string of the molecule is CCNc1nc(N2CCNC3(COC3)C2)nc(-n2cccn2)n1. The highest BCUT2D eigenvalue weighted by molar-refractivity contribution is 5.41. The third-order valence-electron chi connectivity index (χ3n) is 4.07. The maximum absolute atomic E-state index is 5.38. The lowest BCUT2D eigenvalue weighted by molar-refractivity contribution is -0.0744. The maximum atomic E-state index is 5.38. The highest BCUT2D eigenvalue weighted by atomic mass is 16.5. The van der Waals surface area contributed by atoms with Crippen LogP contribution in [-0.4, -0.2) is 69.7 Å². The number of aromatic nitrogens is 5. The van der Waals surface area contributed by atoms with E-state index >= 15 is 0 Å². The van der Waals surface area contributed by atoms with Gasteiger partial charge < -0.3 is 20.3 Å². The fourth-order valence-electron chi connectivity index (χ4n) is 2.89. The number of nitrogens with one attached hydrogen (secondary N) is 2. The van der Waals surface area contributed by atoms with E-state index in [2.05, 4.69) is 35.6 Å². The van der Waals surface area contributed by atoms with Gasteiger partial charge in [-0.05, 0) is 13.0 Å². The van der Waals surface area contributed by atoms with Gasteiger partial charge in [-0.3, -0.25) is 0 Å². The molecule has 0 bridgehead atoms. The predicted molar refractivity (Wildman–Crippen MR) is 84.9 cm³/mol. The van der Waals surface area contributed by atoms with Crippen LogP contribution in [0.4, 0.5) is 11.9 Å². The summed E-state index contributed by atoms with van der Waals surface area (Å²) in [5.74, 6) is 1.77. The lowest BCUT2D eigenvalue weighted by Gasteiger charge is -2.48. The van der Waals surface area contributed by atoms with Crippen LogP contribution >= 0.6 is 0 Å². The van der Waals surface area contributed by atoms with Crippen molar-refractivity contribution in [2.45, 2.75) is 12.5 Å². The summed E-state index contributed by atoms with van der Waals surface area (Å²) in [6.45, 7) is 6.82. The summed E-state index contributed by atoms with van der Waals surface area (Å²) in [5.41, 5.74) is 0.0368. The first kappa shape index (κ1) is 14.3. The molecule has 2 saturated heterocycles. The summed E-state index contributed by atoms with van der Waals surface area (Å²) in [7, 11) is 0. The molecular formula is C14H20N8O. The Morgan fingerprint density at radius 2 is 2.17 bits per heavy atom. The van der Waals surface area contributed by atoms with Crippen molar-refractivity contribution in [3.05, 3.63) is 18.5 Å². The first-order valence-corrected chi connectivity index (χ1v) is 7.86. The second-order valence-electron chi connectivity index (χ2n) is 5.86. The Morgan fingerprint density at radius 3 is 2.87 bits per heavy atom. The molecule has 9 nitrogen and oxygen atoms in total. The van der Waals surface area contributed by atoms with Gasteiger partial charge in [0.2, 0.25) is 11.9 Å². The summed E-state index contributed by atoms with van der Waals surface area (Å²) in [6, 6.07) is 1.85. The van der Waals surface area contributed by atoms with Gasteiger partial charge in [0, 0.05) is 38.6 Å². The first-order chi connectivity index (χ1) is 11.3. The lowest BCUT2D eigenvalue weighted by Crippen LogP contribution is -2.70. The molecule has 0 saturated carbocycles. The van der Waals surface area contributed by atoms with E-state index < -0.39 is 0 Å². The molecule has 23 heavy (non-hydrogen) atoms. The van der Waals surface area contributed by atoms with Crippen LogP contribution in [0.5, 0.6) is 0 Å². The van der Waals surface area contributed by atoms with Crippen molar-refractivity contribution in [3.8, 4) is 5.95 Å². The van der Waals surface area contributed by atoms with Gasteiger partial charge in [-0.25, -0.2) is 4.68 Å². The van der Waals surface area contributed by atoms with Crippen LogP contribution in [0.2, 0.25) is 0 Å². The molecule has 0 radical (unpaired) electrons. The van der Waals surface area contributed by atoms with E-state index in [9.17, 15) is 0 Å². The van der Waals surface area contributed by atoms with Crippen molar-refractivity contribution in [2.75, 3.05) is 49.6 Å². The number of anilines is 2. The number of nitrogens with zero attached hydrogens (tertiary/aromatic N) is 6. The van der Waals surface area contributed by atoms with Gasteiger partial charge in [0.25, 0.3) is 5.95 Å². The molecule has 0 aliphatic carbocycles. The molecule has 2 aliphatic rings. The minimum atomic E-state index is 0.0368. The highest BCUT2D eigenvalue weighted by Crippen LogP contribution is 2.24. The van der Waals surface area contributed by atoms with Crippen LogP contribution in [0.15, 0.2) is 18.5 Å². The first-order valence-electron chi connectivity index (χ1n) is 7.86. The third kappa shape index (κ3) is 2.73. The molecule has 2 fully saturated rings. The zero-order chi connectivity index (χ0) is 15.7. The summed E-state index contributed by atoms with van der Waals surface area (Å²) < 4.78 is 7.03. The topological polar surface area (TPSA) is 93.0 Å². The van der Waals surface area contributed by atoms with Crippen LogP contribution in [0.1, 0.15) is 6.92 Å². The van der Waals surface area contributed by atoms with Gasteiger partial charge in [0.1, 0.15) is 0 Å². The van der Waals surface area contributed by atoms with Gasteiger partial charge >= 0.3 is 0 Å². The molecule has 0 aromatic carbocycles. The molecule has 122 valence electrons. The minimum Gasteiger partial charge on any atom is -0.377 e. The molecule has 2 aliphatic heterocycles. The highest BCUT2D eigenvalue weighted by Gasteiger charge is 2.42. The van der Waals surface area contributed by atoms with E-state index in [1.54, 1.807) is 10.9 Å². The molecule has 9 heteroatoms. The van der Waals surface area contributed by atoms with E-state index in [-0.39, 0.29) is 5.54 Å². The minimum absolute atomic E-state index is 0.0368. The molecule has 0 unspecified atom stereocenters. The Hall–Kier alpha value is -2.26. The second-order valence-corrected chi connectivity index (χ2v) is 5.86. The monoisotopic (exact) mass is 316 g/mol. The van der Waals surface area contributed by atoms with Crippen LogP contribution in [-0.2, 0) is 4.74 Å². The Balaban J connectivity index is 1.66. The van der Waals surface area contributed by atoms with Crippen molar-refractivity contribution in [1.82, 2.24) is 30.0 Å². The largest absolute Gasteiger partial charge is 0.377 e. The molecule has 2 aromatic heterocycles. The molecule has 2 N–H and O–H groups in total. The number of rotatable bonds is 4. The molecular weight excluding hydrogens is 296 g/mol. The Kier molecular flexibility index (Phi) is 3.58. The molecule has 4 heterocycles. The van der Waals surface area contributed by atoms with Gasteiger partial charge in [-0.15, -0.1) is 0 Å². The van der Waals surface area contributed by atoms with Crippen LogP contribution in [0, 0.1) is 0 Å². The standard InChI is InChI=1S/C14H20N8O/c1-2-15-11-18-12(20-13(19-11)22-6-3-4-17-22)21-7-5-16-14(8-21)9-23-10-14/h3-4,6,16H,2,5,7-10H2,1H3,(H,15,18,19,20). The van der Waals surface area contributed by atoms with Gasteiger partial charge in [-0.1, -0.05) is 0 Å². The van der Waals surface area contributed by atoms with E-state index in [1.165, 1.54) is 0 Å². The van der Waals surface area contributed by atoms with Gasteiger partial charge in [0.15, 0.2) is 0 Å². The number of hydrogen-bond donors (Lipinski definition) is 2. The average molecular weight is 316 g/mol. The molecule has 2 aromatic rings. The zero-order valence-corrected chi connectivity index (χ0v) is 13.1. The third-order valence-corrected chi connectivity index (χ3v) is 4.07. The molecule has 1 spiro atoms. The normalized spacial score (nSPS) is 19.6. The molecule has 4 rings (SSSR count). The van der Waals surface area contributed by atoms with E-state index in [0.29, 0.717) is 17.8 Å². The fraction of sp³-hybridized carbons (Fsp3) is 0.571. The van der Waals surface area contributed by atoms with Crippen molar-refractivity contribution in [3.63, 3.8) is 0 Å². The van der Waals surface area contributed by atoms with Gasteiger partial charge in [0.05, 0.1) is 18.8 Å². The zero-order valence-electron chi connectivity index (χ0n) is 13.1. The van der Waals surface area contributed by atoms with Crippen molar-refractivity contribution in [2.24, 2.45) is 0 Å². The second kappa shape index (κ2) is 5.74. The Morgan fingerprint density at radius 1 is 1.30 bits per heavy atom. The summed E-state index contributed by atoms with van der Waals surface area (Å²) in [4.78, 5) is 15.8. The number of ether oxygens (including phenoxy) is 1. The summed E-state index contributed by atoms with van der Waals surface area (Å²) in [6.07, 6.45) is 3.54. The Bertz CT molecular complexity index is 669.